The Morgan fingerprint density at radius 2 is 2.10 bits per heavy atom. The van der Waals surface area contributed by atoms with Gasteiger partial charge >= 0.3 is 6.18 Å². The number of halogens is 4. The van der Waals surface area contributed by atoms with Crippen molar-refractivity contribution in [1.29, 1.82) is 0 Å². The Bertz CT molecular complexity index is 572. The molecule has 1 aromatic carbocycles. The van der Waals surface area contributed by atoms with Crippen LogP contribution in [0.1, 0.15) is 29.8 Å². The summed E-state index contributed by atoms with van der Waals surface area (Å²) in [5.41, 5.74) is -2.17. The SMILES string of the molecule is C[C@H]1CN(C(=O)c2cc(C(F)(F)F)ccc2Cl)C[C@@]1(C)O. The highest BCUT2D eigenvalue weighted by Crippen LogP contribution is 2.34. The molecule has 1 saturated heterocycles. The molecule has 0 saturated carbocycles. The first-order valence-electron chi connectivity index (χ1n) is 6.41. The summed E-state index contributed by atoms with van der Waals surface area (Å²) in [7, 11) is 0. The van der Waals surface area contributed by atoms with Crippen LogP contribution in [-0.2, 0) is 6.18 Å². The number of carbonyl (C=O) groups is 1. The Balaban J connectivity index is 2.32. The normalized spacial score (nSPS) is 26.2. The quantitative estimate of drug-likeness (QED) is 0.863. The number of benzene rings is 1. The highest BCUT2D eigenvalue weighted by atomic mass is 35.5. The van der Waals surface area contributed by atoms with Gasteiger partial charge in [0, 0.05) is 19.0 Å². The van der Waals surface area contributed by atoms with E-state index in [1.165, 1.54) is 4.90 Å². The van der Waals surface area contributed by atoms with Crippen molar-refractivity contribution in [3.8, 4) is 0 Å². The number of amides is 1. The van der Waals surface area contributed by atoms with Crippen LogP contribution in [-0.4, -0.2) is 34.6 Å². The number of hydrogen-bond donors (Lipinski definition) is 1. The first kappa shape index (κ1) is 16.1. The Labute approximate surface area is 125 Å². The second-order valence-corrected chi connectivity index (χ2v) is 6.04. The topological polar surface area (TPSA) is 40.5 Å². The third-order valence-electron chi connectivity index (χ3n) is 3.88. The van der Waals surface area contributed by atoms with Crippen molar-refractivity contribution < 1.29 is 23.1 Å². The predicted octanol–water partition coefficient (Wildman–Crippen LogP) is 3.20. The van der Waals surface area contributed by atoms with Gasteiger partial charge < -0.3 is 10.0 Å². The van der Waals surface area contributed by atoms with Crippen LogP contribution in [0.3, 0.4) is 0 Å². The van der Waals surface area contributed by atoms with Crippen molar-refractivity contribution in [2.45, 2.75) is 25.6 Å². The predicted molar refractivity (Wildman–Crippen MR) is 72.1 cm³/mol. The molecule has 0 bridgehead atoms. The van der Waals surface area contributed by atoms with Gasteiger partial charge in [0.05, 0.1) is 21.8 Å². The number of alkyl halides is 3. The maximum Gasteiger partial charge on any atom is 0.416 e. The summed E-state index contributed by atoms with van der Waals surface area (Å²) in [4.78, 5) is 13.7. The number of rotatable bonds is 1. The van der Waals surface area contributed by atoms with Crippen LogP contribution in [0.15, 0.2) is 18.2 Å². The third kappa shape index (κ3) is 3.16. The average molecular weight is 322 g/mol. The molecular formula is C14H15ClF3NO2. The van der Waals surface area contributed by atoms with Crippen molar-refractivity contribution in [3.63, 3.8) is 0 Å². The maximum absolute atomic E-state index is 12.7. The molecule has 2 atom stereocenters. The summed E-state index contributed by atoms with van der Waals surface area (Å²) in [6, 6.07) is 2.65. The smallest absolute Gasteiger partial charge is 0.388 e. The second-order valence-electron chi connectivity index (χ2n) is 5.64. The molecule has 1 aromatic rings. The van der Waals surface area contributed by atoms with Gasteiger partial charge in [-0.3, -0.25) is 4.79 Å². The van der Waals surface area contributed by atoms with Crippen molar-refractivity contribution in [1.82, 2.24) is 4.90 Å². The van der Waals surface area contributed by atoms with E-state index >= 15 is 0 Å². The van der Waals surface area contributed by atoms with Crippen LogP contribution in [0.2, 0.25) is 5.02 Å². The number of aliphatic hydroxyl groups is 1. The zero-order valence-electron chi connectivity index (χ0n) is 11.5. The Kier molecular flexibility index (Phi) is 3.97. The van der Waals surface area contributed by atoms with Crippen LogP contribution in [0.4, 0.5) is 13.2 Å². The first-order chi connectivity index (χ1) is 9.52. The summed E-state index contributed by atoms with van der Waals surface area (Å²) in [6.45, 7) is 3.72. The molecule has 116 valence electrons. The summed E-state index contributed by atoms with van der Waals surface area (Å²) < 4.78 is 38.2. The van der Waals surface area contributed by atoms with Gasteiger partial charge in [-0.05, 0) is 25.1 Å². The molecule has 0 aromatic heterocycles. The minimum Gasteiger partial charge on any atom is -0.388 e. The lowest BCUT2D eigenvalue weighted by atomic mass is 9.95. The molecule has 1 aliphatic rings. The fourth-order valence-electron chi connectivity index (χ4n) is 2.32. The lowest BCUT2D eigenvalue weighted by Crippen LogP contribution is -2.35. The van der Waals surface area contributed by atoms with Gasteiger partial charge in [0.2, 0.25) is 0 Å². The number of likely N-dealkylation sites (tertiary alicyclic amines) is 1. The van der Waals surface area contributed by atoms with Gasteiger partial charge in [0.1, 0.15) is 0 Å². The van der Waals surface area contributed by atoms with Crippen molar-refractivity contribution in [3.05, 3.63) is 34.3 Å². The Morgan fingerprint density at radius 3 is 2.57 bits per heavy atom. The van der Waals surface area contributed by atoms with E-state index in [1.54, 1.807) is 13.8 Å². The molecule has 0 aliphatic carbocycles. The highest BCUT2D eigenvalue weighted by molar-refractivity contribution is 6.33. The lowest BCUT2D eigenvalue weighted by Gasteiger charge is -2.21. The van der Waals surface area contributed by atoms with E-state index in [1.807, 2.05) is 0 Å². The zero-order valence-corrected chi connectivity index (χ0v) is 12.3. The van der Waals surface area contributed by atoms with E-state index in [0.29, 0.717) is 0 Å². The van der Waals surface area contributed by atoms with E-state index < -0.39 is 23.2 Å². The monoisotopic (exact) mass is 321 g/mol. The Morgan fingerprint density at radius 1 is 1.48 bits per heavy atom. The van der Waals surface area contributed by atoms with Crippen LogP contribution >= 0.6 is 11.6 Å². The molecule has 0 unspecified atom stereocenters. The number of carbonyl (C=O) groups excluding carboxylic acids is 1. The van der Waals surface area contributed by atoms with E-state index in [4.69, 9.17) is 11.6 Å². The van der Waals surface area contributed by atoms with Crippen LogP contribution in [0.25, 0.3) is 0 Å². The van der Waals surface area contributed by atoms with Crippen LogP contribution in [0, 0.1) is 5.92 Å². The fraction of sp³-hybridized carbons (Fsp3) is 0.500. The van der Waals surface area contributed by atoms with Gasteiger partial charge in [-0.15, -0.1) is 0 Å². The molecule has 1 amide bonds. The summed E-state index contributed by atoms with van der Waals surface area (Å²) in [5.74, 6) is -0.762. The average Bonchev–Trinajstić information content (AvgIpc) is 2.62. The molecule has 0 spiro atoms. The van der Waals surface area contributed by atoms with Gasteiger partial charge in [0.15, 0.2) is 0 Å². The fourth-order valence-corrected chi connectivity index (χ4v) is 2.52. The van der Waals surface area contributed by atoms with E-state index in [9.17, 15) is 23.1 Å². The summed E-state index contributed by atoms with van der Waals surface area (Å²) in [6.07, 6.45) is -4.54. The summed E-state index contributed by atoms with van der Waals surface area (Å²) in [5, 5.41) is 10.0. The van der Waals surface area contributed by atoms with E-state index in [0.717, 1.165) is 18.2 Å². The van der Waals surface area contributed by atoms with E-state index in [2.05, 4.69) is 0 Å². The summed E-state index contributed by atoms with van der Waals surface area (Å²) >= 11 is 5.85. The number of hydrogen-bond acceptors (Lipinski definition) is 2. The largest absolute Gasteiger partial charge is 0.416 e. The van der Waals surface area contributed by atoms with Crippen molar-refractivity contribution >= 4 is 17.5 Å². The van der Waals surface area contributed by atoms with E-state index in [-0.39, 0.29) is 29.6 Å². The standard InChI is InChI=1S/C14H15ClF3NO2/c1-8-6-19(7-13(8,2)21)12(20)10-5-9(14(16,17)18)3-4-11(10)15/h3-5,8,21H,6-7H2,1-2H3/t8-,13+/m0/s1. The highest BCUT2D eigenvalue weighted by Gasteiger charge is 2.41. The minimum absolute atomic E-state index is 0.0350. The molecule has 21 heavy (non-hydrogen) atoms. The number of β-amino-alcohol motifs (C(OH)–C–C–N with tert-alkyl or cyclic N) is 1. The van der Waals surface area contributed by atoms with Gasteiger partial charge in [0.25, 0.3) is 5.91 Å². The van der Waals surface area contributed by atoms with Crippen molar-refractivity contribution in [2.24, 2.45) is 5.92 Å². The minimum atomic E-state index is -4.54. The maximum atomic E-state index is 12.7. The van der Waals surface area contributed by atoms with Crippen molar-refractivity contribution in [2.75, 3.05) is 13.1 Å². The molecular weight excluding hydrogens is 307 g/mol. The van der Waals surface area contributed by atoms with Crippen LogP contribution in [0.5, 0.6) is 0 Å². The molecule has 1 aliphatic heterocycles. The molecule has 2 rings (SSSR count). The second kappa shape index (κ2) is 5.18. The molecule has 1 N–H and O–H groups in total. The molecule has 1 heterocycles. The first-order valence-corrected chi connectivity index (χ1v) is 6.78. The third-order valence-corrected chi connectivity index (χ3v) is 4.21. The molecule has 0 radical (unpaired) electrons. The lowest BCUT2D eigenvalue weighted by molar-refractivity contribution is -0.137. The zero-order chi connectivity index (χ0) is 16.0. The van der Waals surface area contributed by atoms with Gasteiger partial charge in [-0.1, -0.05) is 18.5 Å². The molecule has 3 nitrogen and oxygen atoms in total. The Hall–Kier alpha value is -1.27. The van der Waals surface area contributed by atoms with Gasteiger partial charge in [-0.2, -0.15) is 13.2 Å². The molecule has 1 fully saturated rings. The van der Waals surface area contributed by atoms with Gasteiger partial charge in [-0.25, -0.2) is 0 Å². The molecule has 7 heteroatoms. The van der Waals surface area contributed by atoms with Crippen LogP contribution < -0.4 is 0 Å². The number of nitrogens with zero attached hydrogens (tertiary/aromatic N) is 1.